The Kier molecular flexibility index (Phi) is 3.93. The van der Waals surface area contributed by atoms with Crippen LogP contribution in [-0.2, 0) is 13.2 Å². The van der Waals surface area contributed by atoms with Gasteiger partial charge in [0.1, 0.15) is 17.4 Å². The number of hydrogen-bond donors (Lipinski definition) is 1. The van der Waals surface area contributed by atoms with E-state index in [2.05, 4.69) is 10.3 Å². The minimum absolute atomic E-state index is 0.0389. The molecule has 0 atom stereocenters. The predicted octanol–water partition coefficient (Wildman–Crippen LogP) is 3.25. The van der Waals surface area contributed by atoms with E-state index in [9.17, 15) is 8.78 Å². The summed E-state index contributed by atoms with van der Waals surface area (Å²) in [6.07, 6.45) is 2.48. The minimum atomic E-state index is -0.698. The summed E-state index contributed by atoms with van der Waals surface area (Å²) in [4.78, 5) is 4.41. The molecule has 0 spiro atoms. The molecule has 20 heavy (non-hydrogen) atoms. The number of halogens is 2. The van der Waals surface area contributed by atoms with E-state index in [0.29, 0.717) is 6.04 Å². The third-order valence-electron chi connectivity index (χ3n) is 2.99. The first-order valence-corrected chi connectivity index (χ1v) is 7.33. The Hall–Kier alpha value is -1.53. The van der Waals surface area contributed by atoms with Gasteiger partial charge in [0.15, 0.2) is 11.6 Å². The highest BCUT2D eigenvalue weighted by Gasteiger charge is 2.20. The normalized spacial score (nSPS) is 14.5. The lowest BCUT2D eigenvalue weighted by atomic mass is 10.3. The zero-order valence-electron chi connectivity index (χ0n) is 10.7. The molecule has 0 amide bonds. The fourth-order valence-corrected chi connectivity index (χ4v) is 2.49. The van der Waals surface area contributed by atoms with Crippen molar-refractivity contribution in [1.29, 1.82) is 0 Å². The van der Waals surface area contributed by atoms with Gasteiger partial charge >= 0.3 is 0 Å². The Morgan fingerprint density at radius 3 is 2.95 bits per heavy atom. The summed E-state index contributed by atoms with van der Waals surface area (Å²) in [7, 11) is 0. The molecule has 0 radical (unpaired) electrons. The van der Waals surface area contributed by atoms with Gasteiger partial charge in [0, 0.05) is 24.0 Å². The first-order chi connectivity index (χ1) is 9.70. The second-order valence-corrected chi connectivity index (χ2v) is 5.69. The maximum Gasteiger partial charge on any atom is 0.167 e. The molecule has 1 aromatic carbocycles. The highest BCUT2D eigenvalue weighted by Crippen LogP contribution is 2.21. The van der Waals surface area contributed by atoms with Gasteiger partial charge in [-0.05, 0) is 25.0 Å². The molecule has 106 valence electrons. The molecular weight excluding hydrogens is 282 g/mol. The van der Waals surface area contributed by atoms with Crippen molar-refractivity contribution in [2.45, 2.75) is 32.0 Å². The number of nitrogens with zero attached hydrogens (tertiary/aromatic N) is 1. The van der Waals surface area contributed by atoms with Gasteiger partial charge in [-0.1, -0.05) is 0 Å². The SMILES string of the molecule is Fc1ccc(OCc2csc(CNC3CC3)n2)c(F)c1. The van der Waals surface area contributed by atoms with Crippen LogP contribution in [0.4, 0.5) is 8.78 Å². The number of hydrogen-bond acceptors (Lipinski definition) is 4. The zero-order chi connectivity index (χ0) is 13.9. The van der Waals surface area contributed by atoms with E-state index < -0.39 is 11.6 Å². The summed E-state index contributed by atoms with van der Waals surface area (Å²) in [5.41, 5.74) is 0.756. The van der Waals surface area contributed by atoms with Gasteiger partial charge in [-0.2, -0.15) is 0 Å². The number of rotatable bonds is 6. The average Bonchev–Trinajstić information content (AvgIpc) is 3.14. The van der Waals surface area contributed by atoms with E-state index in [0.717, 1.165) is 23.3 Å². The lowest BCUT2D eigenvalue weighted by molar-refractivity contribution is 0.285. The van der Waals surface area contributed by atoms with Gasteiger partial charge in [-0.3, -0.25) is 0 Å². The molecule has 1 N–H and O–H groups in total. The molecular formula is C14H14F2N2OS. The summed E-state index contributed by atoms with van der Waals surface area (Å²) in [5.74, 6) is -1.27. The predicted molar refractivity (Wildman–Crippen MR) is 72.7 cm³/mol. The molecule has 1 aliphatic rings. The van der Waals surface area contributed by atoms with Gasteiger partial charge in [0.2, 0.25) is 0 Å². The highest BCUT2D eigenvalue weighted by molar-refractivity contribution is 7.09. The number of ether oxygens (including phenoxy) is 1. The van der Waals surface area contributed by atoms with Gasteiger partial charge in [-0.15, -0.1) is 11.3 Å². The molecule has 1 aliphatic carbocycles. The number of benzene rings is 1. The van der Waals surface area contributed by atoms with Crippen LogP contribution < -0.4 is 10.1 Å². The van der Waals surface area contributed by atoms with Gasteiger partial charge in [0.25, 0.3) is 0 Å². The van der Waals surface area contributed by atoms with E-state index in [-0.39, 0.29) is 12.4 Å². The number of aromatic nitrogens is 1. The molecule has 1 aromatic heterocycles. The van der Waals surface area contributed by atoms with E-state index >= 15 is 0 Å². The number of thiazole rings is 1. The Labute approximate surface area is 119 Å². The average molecular weight is 296 g/mol. The summed E-state index contributed by atoms with van der Waals surface area (Å²) >= 11 is 1.55. The molecule has 0 unspecified atom stereocenters. The fourth-order valence-electron chi connectivity index (χ4n) is 1.76. The van der Waals surface area contributed by atoms with Gasteiger partial charge in [0.05, 0.1) is 5.69 Å². The topological polar surface area (TPSA) is 34.1 Å². The molecule has 3 nitrogen and oxygen atoms in total. The molecule has 1 fully saturated rings. The Balaban J connectivity index is 1.54. The zero-order valence-corrected chi connectivity index (χ0v) is 11.6. The van der Waals surface area contributed by atoms with Gasteiger partial charge < -0.3 is 10.1 Å². The second-order valence-electron chi connectivity index (χ2n) is 4.75. The molecule has 2 aromatic rings. The maximum atomic E-state index is 13.4. The first kappa shape index (κ1) is 13.5. The van der Waals surface area contributed by atoms with Crippen molar-refractivity contribution in [3.63, 3.8) is 0 Å². The Morgan fingerprint density at radius 2 is 2.20 bits per heavy atom. The van der Waals surface area contributed by atoms with E-state index in [1.807, 2.05) is 5.38 Å². The molecule has 0 aliphatic heterocycles. The fraction of sp³-hybridized carbons (Fsp3) is 0.357. The van der Waals surface area contributed by atoms with Crippen molar-refractivity contribution in [1.82, 2.24) is 10.3 Å². The van der Waals surface area contributed by atoms with Crippen molar-refractivity contribution in [2.75, 3.05) is 0 Å². The maximum absolute atomic E-state index is 13.4. The number of nitrogens with one attached hydrogen (secondary N) is 1. The Bertz CT molecular complexity index is 599. The van der Waals surface area contributed by atoms with E-state index in [1.54, 1.807) is 11.3 Å². The van der Waals surface area contributed by atoms with E-state index in [4.69, 9.17) is 4.74 Å². The summed E-state index contributed by atoms with van der Waals surface area (Å²) < 4.78 is 31.4. The van der Waals surface area contributed by atoms with Crippen LogP contribution in [0.15, 0.2) is 23.6 Å². The first-order valence-electron chi connectivity index (χ1n) is 6.45. The quantitative estimate of drug-likeness (QED) is 0.888. The van der Waals surface area contributed by atoms with Crippen LogP contribution in [-0.4, -0.2) is 11.0 Å². The van der Waals surface area contributed by atoms with Crippen LogP contribution in [0.1, 0.15) is 23.5 Å². The third-order valence-corrected chi connectivity index (χ3v) is 3.89. The smallest absolute Gasteiger partial charge is 0.167 e. The standard InChI is InChI=1S/C14H14F2N2OS/c15-9-1-4-13(12(16)5-9)19-7-11-8-20-14(18-11)6-17-10-2-3-10/h1,4-5,8,10,17H,2-3,6-7H2. The molecule has 1 saturated carbocycles. The van der Waals surface area contributed by atoms with Crippen molar-refractivity contribution >= 4 is 11.3 Å². The van der Waals surface area contributed by atoms with Crippen LogP contribution in [0.25, 0.3) is 0 Å². The van der Waals surface area contributed by atoms with Crippen molar-refractivity contribution in [2.24, 2.45) is 0 Å². The van der Waals surface area contributed by atoms with Crippen molar-refractivity contribution in [3.8, 4) is 5.75 Å². The molecule has 3 rings (SSSR count). The highest BCUT2D eigenvalue weighted by atomic mass is 32.1. The summed E-state index contributed by atoms with van der Waals surface area (Å²) in [6, 6.07) is 3.91. The van der Waals surface area contributed by atoms with Crippen LogP contribution in [0.5, 0.6) is 5.75 Å². The molecule has 0 bridgehead atoms. The van der Waals surface area contributed by atoms with Crippen LogP contribution in [0, 0.1) is 11.6 Å². The minimum Gasteiger partial charge on any atom is -0.484 e. The monoisotopic (exact) mass is 296 g/mol. The molecule has 0 saturated heterocycles. The second kappa shape index (κ2) is 5.85. The van der Waals surface area contributed by atoms with Crippen LogP contribution in [0.2, 0.25) is 0 Å². The van der Waals surface area contributed by atoms with Crippen LogP contribution in [0.3, 0.4) is 0 Å². The largest absolute Gasteiger partial charge is 0.484 e. The lowest BCUT2D eigenvalue weighted by Gasteiger charge is -2.05. The lowest BCUT2D eigenvalue weighted by Crippen LogP contribution is -2.15. The summed E-state index contributed by atoms with van der Waals surface area (Å²) in [6.45, 7) is 0.947. The summed E-state index contributed by atoms with van der Waals surface area (Å²) in [5, 5.41) is 6.27. The van der Waals surface area contributed by atoms with Gasteiger partial charge in [-0.25, -0.2) is 13.8 Å². The van der Waals surface area contributed by atoms with Crippen molar-refractivity contribution < 1.29 is 13.5 Å². The van der Waals surface area contributed by atoms with Crippen LogP contribution >= 0.6 is 11.3 Å². The van der Waals surface area contributed by atoms with E-state index in [1.165, 1.54) is 25.0 Å². The molecule has 6 heteroatoms. The Morgan fingerprint density at radius 1 is 1.35 bits per heavy atom. The third kappa shape index (κ3) is 3.52. The van der Waals surface area contributed by atoms with Crippen molar-refractivity contribution in [3.05, 3.63) is 45.9 Å². The molecule has 1 heterocycles.